The van der Waals surface area contributed by atoms with E-state index in [4.69, 9.17) is 5.11 Å². The lowest BCUT2D eigenvalue weighted by molar-refractivity contribution is -0.137. The minimum Gasteiger partial charge on any atom is -0.481 e. The fourth-order valence-electron chi connectivity index (χ4n) is 2.70. The van der Waals surface area contributed by atoms with Gasteiger partial charge in [0.05, 0.1) is 6.42 Å². The maximum absolute atomic E-state index is 10.9. The summed E-state index contributed by atoms with van der Waals surface area (Å²) in [6.45, 7) is 8.37. The van der Waals surface area contributed by atoms with Gasteiger partial charge in [0.1, 0.15) is 0 Å². The van der Waals surface area contributed by atoms with E-state index in [1.54, 1.807) is 0 Å². The standard InChI is InChI=1S/C16H21NO2/c1-10(2)17-9-13(12(4)8-15(18)19)16-11(3)6-5-7-14(16)17/h5-7,9-10,12H,8H2,1-4H3,(H,18,19). The van der Waals surface area contributed by atoms with E-state index in [1.165, 1.54) is 16.5 Å². The zero-order chi connectivity index (χ0) is 14.2. The molecule has 3 heteroatoms. The molecule has 1 unspecified atom stereocenters. The largest absolute Gasteiger partial charge is 0.481 e. The van der Waals surface area contributed by atoms with Crippen LogP contribution in [0.4, 0.5) is 0 Å². The molecular formula is C16H21NO2. The molecule has 2 aromatic rings. The number of rotatable bonds is 4. The predicted octanol–water partition coefficient (Wildman–Crippen LogP) is 4.11. The molecule has 0 spiro atoms. The van der Waals surface area contributed by atoms with Gasteiger partial charge in [-0.25, -0.2) is 0 Å². The van der Waals surface area contributed by atoms with Crippen LogP contribution in [-0.2, 0) is 4.79 Å². The second-order valence-corrected chi connectivity index (χ2v) is 5.55. The molecule has 1 aromatic carbocycles. The van der Waals surface area contributed by atoms with Crippen molar-refractivity contribution in [3.05, 3.63) is 35.5 Å². The fourth-order valence-corrected chi connectivity index (χ4v) is 2.70. The molecule has 1 N–H and O–H groups in total. The summed E-state index contributed by atoms with van der Waals surface area (Å²) in [5, 5.41) is 10.2. The number of hydrogen-bond acceptors (Lipinski definition) is 1. The van der Waals surface area contributed by atoms with Crippen molar-refractivity contribution in [3.63, 3.8) is 0 Å². The van der Waals surface area contributed by atoms with Gasteiger partial charge in [-0.3, -0.25) is 4.79 Å². The quantitative estimate of drug-likeness (QED) is 0.897. The van der Waals surface area contributed by atoms with Crippen molar-refractivity contribution in [1.29, 1.82) is 0 Å². The minimum atomic E-state index is -0.744. The van der Waals surface area contributed by atoms with E-state index < -0.39 is 5.97 Å². The summed E-state index contributed by atoms with van der Waals surface area (Å²) in [5.74, 6) is -0.715. The Balaban J connectivity index is 2.63. The van der Waals surface area contributed by atoms with E-state index in [9.17, 15) is 4.79 Å². The Bertz CT molecular complexity index is 610. The number of aliphatic carboxylic acids is 1. The number of carbonyl (C=O) groups is 1. The van der Waals surface area contributed by atoms with Gasteiger partial charge in [0.25, 0.3) is 0 Å². The number of hydrogen-bond donors (Lipinski definition) is 1. The summed E-state index contributed by atoms with van der Waals surface area (Å²) in [6.07, 6.45) is 2.29. The zero-order valence-corrected chi connectivity index (χ0v) is 12.0. The van der Waals surface area contributed by atoms with Gasteiger partial charge < -0.3 is 9.67 Å². The van der Waals surface area contributed by atoms with Crippen molar-refractivity contribution in [2.45, 2.75) is 46.1 Å². The Morgan fingerprint density at radius 1 is 1.32 bits per heavy atom. The number of fused-ring (bicyclic) bond motifs is 1. The topological polar surface area (TPSA) is 42.2 Å². The summed E-state index contributed by atoms with van der Waals surface area (Å²) >= 11 is 0. The number of aromatic nitrogens is 1. The Kier molecular flexibility index (Phi) is 3.65. The molecule has 1 atom stereocenters. The monoisotopic (exact) mass is 259 g/mol. The molecule has 19 heavy (non-hydrogen) atoms. The maximum Gasteiger partial charge on any atom is 0.303 e. The third-order valence-corrected chi connectivity index (χ3v) is 3.66. The van der Waals surface area contributed by atoms with Crippen LogP contribution < -0.4 is 0 Å². The van der Waals surface area contributed by atoms with Gasteiger partial charge in [0, 0.05) is 23.1 Å². The Hall–Kier alpha value is -1.77. The second-order valence-electron chi connectivity index (χ2n) is 5.55. The Morgan fingerprint density at radius 2 is 2.00 bits per heavy atom. The van der Waals surface area contributed by atoms with Crippen molar-refractivity contribution in [2.75, 3.05) is 0 Å². The van der Waals surface area contributed by atoms with Gasteiger partial charge in [-0.1, -0.05) is 19.1 Å². The number of carboxylic acids is 1. The molecule has 0 saturated heterocycles. The van der Waals surface area contributed by atoms with Gasteiger partial charge in [0.2, 0.25) is 0 Å². The molecule has 3 nitrogen and oxygen atoms in total. The molecule has 0 aliphatic carbocycles. The lowest BCUT2D eigenvalue weighted by Gasteiger charge is -2.09. The van der Waals surface area contributed by atoms with Crippen LogP contribution in [0, 0.1) is 6.92 Å². The third kappa shape index (κ3) is 2.50. The summed E-state index contributed by atoms with van der Waals surface area (Å²) < 4.78 is 2.23. The molecule has 0 aliphatic heterocycles. The Labute approximate surface area is 113 Å². The van der Waals surface area contributed by atoms with Crippen molar-refractivity contribution >= 4 is 16.9 Å². The first-order chi connectivity index (χ1) is 8.91. The lowest BCUT2D eigenvalue weighted by Crippen LogP contribution is -2.03. The van der Waals surface area contributed by atoms with Gasteiger partial charge in [-0.05, 0) is 43.9 Å². The first-order valence-corrected chi connectivity index (χ1v) is 6.73. The molecule has 0 aliphatic rings. The van der Waals surface area contributed by atoms with E-state index in [1.807, 2.05) is 6.92 Å². The molecule has 1 heterocycles. The van der Waals surface area contributed by atoms with E-state index in [0.717, 1.165) is 5.56 Å². The first kappa shape index (κ1) is 13.7. The predicted molar refractivity (Wildman–Crippen MR) is 77.7 cm³/mol. The van der Waals surface area contributed by atoms with Crippen LogP contribution in [-0.4, -0.2) is 15.6 Å². The SMILES string of the molecule is Cc1cccc2c1c(C(C)CC(=O)O)cn2C(C)C. The summed E-state index contributed by atoms with van der Waals surface area (Å²) in [6, 6.07) is 6.63. The number of carboxylic acid groups (broad SMARTS) is 1. The normalized spacial score (nSPS) is 13.1. The summed E-state index contributed by atoms with van der Waals surface area (Å²) in [5.41, 5.74) is 3.55. The highest BCUT2D eigenvalue weighted by molar-refractivity contribution is 5.88. The van der Waals surface area contributed by atoms with E-state index in [-0.39, 0.29) is 12.3 Å². The van der Waals surface area contributed by atoms with Crippen LogP contribution in [0.15, 0.2) is 24.4 Å². The Morgan fingerprint density at radius 3 is 2.58 bits per heavy atom. The number of aryl methyl sites for hydroxylation is 1. The van der Waals surface area contributed by atoms with E-state index >= 15 is 0 Å². The van der Waals surface area contributed by atoms with Crippen molar-refractivity contribution in [2.24, 2.45) is 0 Å². The highest BCUT2D eigenvalue weighted by Crippen LogP contribution is 2.33. The molecule has 1 aromatic heterocycles. The lowest BCUT2D eigenvalue weighted by atomic mass is 9.95. The molecule has 0 saturated carbocycles. The van der Waals surface area contributed by atoms with Crippen LogP contribution >= 0.6 is 0 Å². The summed E-state index contributed by atoms with van der Waals surface area (Å²) in [7, 11) is 0. The van der Waals surface area contributed by atoms with Crippen LogP contribution in [0.1, 0.15) is 50.3 Å². The molecule has 0 amide bonds. The average Bonchev–Trinajstić information content (AvgIpc) is 2.69. The maximum atomic E-state index is 10.9. The van der Waals surface area contributed by atoms with Gasteiger partial charge in [-0.15, -0.1) is 0 Å². The number of nitrogens with zero attached hydrogens (tertiary/aromatic N) is 1. The van der Waals surface area contributed by atoms with Gasteiger partial charge >= 0.3 is 5.97 Å². The number of benzene rings is 1. The van der Waals surface area contributed by atoms with E-state index in [0.29, 0.717) is 6.04 Å². The minimum absolute atomic E-state index is 0.0288. The molecule has 0 bridgehead atoms. The van der Waals surface area contributed by atoms with Crippen LogP contribution in [0.5, 0.6) is 0 Å². The molecule has 0 radical (unpaired) electrons. The third-order valence-electron chi connectivity index (χ3n) is 3.66. The fraction of sp³-hybridized carbons (Fsp3) is 0.438. The van der Waals surface area contributed by atoms with E-state index in [2.05, 4.69) is 49.7 Å². The van der Waals surface area contributed by atoms with Crippen molar-refractivity contribution < 1.29 is 9.90 Å². The molecule has 102 valence electrons. The van der Waals surface area contributed by atoms with Crippen LogP contribution in [0.25, 0.3) is 10.9 Å². The van der Waals surface area contributed by atoms with Gasteiger partial charge in [-0.2, -0.15) is 0 Å². The highest BCUT2D eigenvalue weighted by Gasteiger charge is 2.18. The average molecular weight is 259 g/mol. The zero-order valence-electron chi connectivity index (χ0n) is 12.0. The van der Waals surface area contributed by atoms with Gasteiger partial charge in [0.15, 0.2) is 0 Å². The molecule has 2 rings (SSSR count). The second kappa shape index (κ2) is 5.08. The van der Waals surface area contributed by atoms with Crippen LogP contribution in [0.3, 0.4) is 0 Å². The van der Waals surface area contributed by atoms with Crippen LogP contribution in [0.2, 0.25) is 0 Å². The molecular weight excluding hydrogens is 238 g/mol. The first-order valence-electron chi connectivity index (χ1n) is 6.73. The molecule has 0 fully saturated rings. The smallest absolute Gasteiger partial charge is 0.303 e. The van der Waals surface area contributed by atoms with Crippen molar-refractivity contribution in [3.8, 4) is 0 Å². The highest BCUT2D eigenvalue weighted by atomic mass is 16.4. The van der Waals surface area contributed by atoms with Crippen molar-refractivity contribution in [1.82, 2.24) is 4.57 Å². The summed E-state index contributed by atoms with van der Waals surface area (Å²) in [4.78, 5) is 10.9.